The highest BCUT2D eigenvalue weighted by Crippen LogP contribution is 2.18. The van der Waals surface area contributed by atoms with Crippen LogP contribution in [0.2, 0.25) is 5.02 Å². The molecule has 1 aromatic carbocycles. The van der Waals surface area contributed by atoms with Gasteiger partial charge in [0.1, 0.15) is 5.82 Å². The Kier molecular flexibility index (Phi) is 7.08. The third kappa shape index (κ3) is 6.22. The molecule has 0 bridgehead atoms. The van der Waals surface area contributed by atoms with Gasteiger partial charge in [-0.2, -0.15) is 0 Å². The maximum Gasteiger partial charge on any atom is 0.307 e. The summed E-state index contributed by atoms with van der Waals surface area (Å²) in [4.78, 5) is 28.8. The van der Waals surface area contributed by atoms with Gasteiger partial charge in [0.15, 0.2) is 6.10 Å². The number of hydrogen-bond acceptors (Lipinski definition) is 5. The van der Waals surface area contributed by atoms with Gasteiger partial charge in [-0.15, -0.1) is 11.8 Å². The highest BCUT2D eigenvalue weighted by atomic mass is 35.5. The molecule has 1 atom stereocenters. The molecule has 126 valence electrons. The lowest BCUT2D eigenvalue weighted by atomic mass is 10.3. The Morgan fingerprint density at radius 2 is 2.00 bits per heavy atom. The Morgan fingerprint density at radius 3 is 2.67 bits per heavy atom. The van der Waals surface area contributed by atoms with Crippen LogP contribution in [0.4, 0.5) is 5.82 Å². The summed E-state index contributed by atoms with van der Waals surface area (Å²) in [7, 11) is 0. The molecule has 1 unspecified atom stereocenters. The zero-order chi connectivity index (χ0) is 17.4. The van der Waals surface area contributed by atoms with Crippen LogP contribution in [-0.4, -0.2) is 28.7 Å². The van der Waals surface area contributed by atoms with E-state index in [-0.39, 0.29) is 6.42 Å². The van der Waals surface area contributed by atoms with Gasteiger partial charge in [-0.25, -0.2) is 4.98 Å². The van der Waals surface area contributed by atoms with Gasteiger partial charge in [-0.3, -0.25) is 9.59 Å². The van der Waals surface area contributed by atoms with Gasteiger partial charge in [0.25, 0.3) is 5.91 Å². The first-order valence-corrected chi connectivity index (χ1v) is 8.70. The Bertz CT molecular complexity index is 680. The van der Waals surface area contributed by atoms with Crippen LogP contribution in [0.3, 0.4) is 0 Å². The fraction of sp³-hybridized carbons (Fsp3) is 0.235. The molecule has 0 saturated heterocycles. The van der Waals surface area contributed by atoms with Crippen molar-refractivity contribution in [2.45, 2.75) is 24.3 Å². The van der Waals surface area contributed by atoms with Crippen molar-refractivity contribution < 1.29 is 14.3 Å². The molecule has 1 aromatic heterocycles. The van der Waals surface area contributed by atoms with Crippen molar-refractivity contribution in [2.24, 2.45) is 0 Å². The number of amides is 1. The fourth-order valence-corrected chi connectivity index (χ4v) is 2.72. The summed E-state index contributed by atoms with van der Waals surface area (Å²) in [6.07, 6.45) is 0.766. The average Bonchev–Trinajstić information content (AvgIpc) is 2.58. The second-order valence-electron chi connectivity index (χ2n) is 4.89. The molecule has 0 aliphatic rings. The van der Waals surface area contributed by atoms with E-state index >= 15 is 0 Å². The van der Waals surface area contributed by atoms with Crippen LogP contribution in [0.1, 0.15) is 13.3 Å². The van der Waals surface area contributed by atoms with Gasteiger partial charge < -0.3 is 10.1 Å². The molecule has 0 radical (unpaired) electrons. The lowest BCUT2D eigenvalue weighted by molar-refractivity contribution is -0.152. The number of thioether (sulfide) groups is 1. The SMILES string of the molecule is CC(OC(=O)CCSc1ccccc1)C(=O)Nc1ccc(Cl)cn1. The Morgan fingerprint density at radius 1 is 1.25 bits per heavy atom. The quantitative estimate of drug-likeness (QED) is 0.598. The van der Waals surface area contributed by atoms with Crippen molar-refractivity contribution in [1.82, 2.24) is 4.98 Å². The van der Waals surface area contributed by atoms with Gasteiger partial charge in [-0.1, -0.05) is 29.8 Å². The van der Waals surface area contributed by atoms with Crippen LogP contribution < -0.4 is 5.32 Å². The highest BCUT2D eigenvalue weighted by Gasteiger charge is 2.18. The summed E-state index contributed by atoms with van der Waals surface area (Å²) >= 11 is 7.29. The lowest BCUT2D eigenvalue weighted by Gasteiger charge is -2.13. The number of carbonyl (C=O) groups excluding carboxylic acids is 2. The van der Waals surface area contributed by atoms with Gasteiger partial charge >= 0.3 is 5.97 Å². The molecule has 2 rings (SSSR count). The molecule has 0 spiro atoms. The highest BCUT2D eigenvalue weighted by molar-refractivity contribution is 7.99. The van der Waals surface area contributed by atoms with Crippen molar-refractivity contribution in [3.05, 3.63) is 53.7 Å². The van der Waals surface area contributed by atoms with E-state index < -0.39 is 18.0 Å². The summed E-state index contributed by atoms with van der Waals surface area (Å²) in [6, 6.07) is 13.0. The smallest absolute Gasteiger partial charge is 0.307 e. The van der Waals surface area contributed by atoms with Gasteiger partial charge in [0, 0.05) is 16.8 Å². The first kappa shape index (κ1) is 18.3. The minimum atomic E-state index is -0.892. The van der Waals surface area contributed by atoms with Crippen molar-refractivity contribution in [3.63, 3.8) is 0 Å². The minimum Gasteiger partial charge on any atom is -0.453 e. The standard InChI is InChI=1S/C17H17ClN2O3S/c1-12(17(22)20-15-8-7-13(18)11-19-15)23-16(21)9-10-24-14-5-3-2-4-6-14/h2-8,11-12H,9-10H2,1H3,(H,19,20,22). The molecule has 1 N–H and O–H groups in total. The summed E-state index contributed by atoms with van der Waals surface area (Å²) in [6.45, 7) is 1.52. The zero-order valence-electron chi connectivity index (χ0n) is 13.1. The number of carbonyl (C=O) groups is 2. The number of nitrogens with one attached hydrogen (secondary N) is 1. The van der Waals surface area contributed by atoms with E-state index in [0.717, 1.165) is 4.90 Å². The predicted octanol–water partition coefficient (Wildman–Crippen LogP) is 3.79. The van der Waals surface area contributed by atoms with Gasteiger partial charge in [0.2, 0.25) is 0 Å². The third-order valence-electron chi connectivity index (χ3n) is 2.97. The molecule has 0 saturated carbocycles. The number of aromatic nitrogens is 1. The third-order valence-corrected chi connectivity index (χ3v) is 4.21. The van der Waals surface area contributed by atoms with Gasteiger partial charge in [0.05, 0.1) is 11.4 Å². The average molecular weight is 365 g/mol. The summed E-state index contributed by atoms with van der Waals surface area (Å²) in [5, 5.41) is 3.04. The summed E-state index contributed by atoms with van der Waals surface area (Å²) in [5.41, 5.74) is 0. The molecular formula is C17H17ClN2O3S. The Labute approximate surface area is 149 Å². The van der Waals surface area contributed by atoms with Crippen molar-refractivity contribution in [1.29, 1.82) is 0 Å². The maximum absolute atomic E-state index is 12.0. The number of benzene rings is 1. The van der Waals surface area contributed by atoms with Crippen LogP contribution in [0.25, 0.3) is 0 Å². The second kappa shape index (κ2) is 9.30. The number of anilines is 1. The molecule has 0 aliphatic carbocycles. The first-order valence-electron chi connectivity index (χ1n) is 7.34. The Hall–Kier alpha value is -2.05. The fourth-order valence-electron chi connectivity index (χ4n) is 1.76. The second-order valence-corrected chi connectivity index (χ2v) is 6.50. The summed E-state index contributed by atoms with van der Waals surface area (Å²) in [5.74, 6) is 0.0987. The molecule has 1 amide bonds. The van der Waals surface area contributed by atoms with E-state index in [1.807, 2.05) is 30.3 Å². The molecule has 0 fully saturated rings. The van der Waals surface area contributed by atoms with E-state index in [4.69, 9.17) is 16.3 Å². The van der Waals surface area contributed by atoms with Crippen LogP contribution in [-0.2, 0) is 14.3 Å². The number of ether oxygens (including phenoxy) is 1. The van der Waals surface area contributed by atoms with Crippen molar-refractivity contribution >= 4 is 41.1 Å². The molecular weight excluding hydrogens is 348 g/mol. The van der Waals surface area contributed by atoms with Crippen LogP contribution in [0.15, 0.2) is 53.6 Å². The zero-order valence-corrected chi connectivity index (χ0v) is 14.6. The minimum absolute atomic E-state index is 0.233. The molecule has 2 aromatic rings. The molecule has 1 heterocycles. The van der Waals surface area contributed by atoms with Crippen molar-refractivity contribution in [3.8, 4) is 0 Å². The van der Waals surface area contributed by atoms with Crippen molar-refractivity contribution in [2.75, 3.05) is 11.1 Å². The van der Waals surface area contributed by atoms with Gasteiger partial charge in [-0.05, 0) is 31.2 Å². The number of halogens is 1. The number of hydrogen-bond donors (Lipinski definition) is 1. The molecule has 24 heavy (non-hydrogen) atoms. The molecule has 7 heteroatoms. The predicted molar refractivity (Wildman–Crippen MR) is 95.2 cm³/mol. The number of rotatable bonds is 7. The van der Waals surface area contributed by atoms with Crippen LogP contribution in [0.5, 0.6) is 0 Å². The normalized spacial score (nSPS) is 11.6. The van der Waals surface area contributed by atoms with E-state index in [1.54, 1.807) is 23.9 Å². The first-order chi connectivity index (χ1) is 11.5. The number of esters is 1. The number of nitrogens with zero attached hydrogens (tertiary/aromatic N) is 1. The topological polar surface area (TPSA) is 68.3 Å². The summed E-state index contributed by atoms with van der Waals surface area (Å²) < 4.78 is 5.13. The largest absolute Gasteiger partial charge is 0.453 e. The van der Waals surface area contributed by atoms with E-state index in [1.165, 1.54) is 13.1 Å². The monoisotopic (exact) mass is 364 g/mol. The maximum atomic E-state index is 12.0. The van der Waals surface area contributed by atoms with Crippen LogP contribution >= 0.6 is 23.4 Å². The van der Waals surface area contributed by atoms with E-state index in [9.17, 15) is 9.59 Å². The Balaban J connectivity index is 1.72. The van der Waals surface area contributed by atoms with E-state index in [2.05, 4.69) is 10.3 Å². The number of pyridine rings is 1. The van der Waals surface area contributed by atoms with Crippen LogP contribution in [0, 0.1) is 0 Å². The lowest BCUT2D eigenvalue weighted by Crippen LogP contribution is -2.30. The van der Waals surface area contributed by atoms with E-state index in [0.29, 0.717) is 16.6 Å². The molecule has 0 aliphatic heterocycles. The molecule has 5 nitrogen and oxygen atoms in total.